The molecule has 0 aromatic heterocycles. The molecule has 2 nitrogen and oxygen atoms in total. The van der Waals surface area contributed by atoms with Crippen molar-refractivity contribution in [2.24, 2.45) is 0 Å². The Balaban J connectivity index is 2.03. The summed E-state index contributed by atoms with van der Waals surface area (Å²) in [5, 5.41) is 0. The molecular formula is C18H16O2S. The van der Waals surface area contributed by atoms with Crippen LogP contribution in [0.1, 0.15) is 34.0 Å². The second-order valence-corrected chi connectivity index (χ2v) is 5.86. The van der Waals surface area contributed by atoms with E-state index in [-0.39, 0.29) is 5.78 Å². The fraction of sp³-hybridized carbons (Fsp3) is 0.167. The molecule has 0 radical (unpaired) electrons. The zero-order chi connectivity index (χ0) is 14.8. The van der Waals surface area contributed by atoms with E-state index in [0.717, 1.165) is 32.9 Å². The van der Waals surface area contributed by atoms with Crippen LogP contribution in [0.4, 0.5) is 0 Å². The summed E-state index contributed by atoms with van der Waals surface area (Å²) < 4.78 is 5.45. The summed E-state index contributed by atoms with van der Waals surface area (Å²) in [5.74, 6) is 1.55. The molecule has 0 unspecified atom stereocenters. The molecule has 1 aliphatic rings. The summed E-state index contributed by atoms with van der Waals surface area (Å²) in [5.41, 5.74) is 3.59. The smallest absolute Gasteiger partial charge is 0.194 e. The summed E-state index contributed by atoms with van der Waals surface area (Å²) in [4.78, 5) is 13.7. The fourth-order valence-corrected chi connectivity index (χ4v) is 3.52. The summed E-state index contributed by atoms with van der Waals surface area (Å²) in [6.07, 6.45) is 0. The molecule has 0 spiro atoms. The topological polar surface area (TPSA) is 26.3 Å². The van der Waals surface area contributed by atoms with E-state index in [1.807, 2.05) is 49.4 Å². The van der Waals surface area contributed by atoms with E-state index in [0.29, 0.717) is 12.4 Å². The van der Waals surface area contributed by atoms with E-state index < -0.39 is 0 Å². The third-order valence-electron chi connectivity index (χ3n) is 3.51. The van der Waals surface area contributed by atoms with Crippen molar-refractivity contribution in [3.8, 4) is 0 Å². The Morgan fingerprint density at radius 3 is 2.86 bits per heavy atom. The number of hydrogen-bond acceptors (Lipinski definition) is 3. The van der Waals surface area contributed by atoms with Gasteiger partial charge in [-0.05, 0) is 24.6 Å². The molecule has 1 aliphatic heterocycles. The van der Waals surface area contributed by atoms with Gasteiger partial charge in [-0.15, -0.1) is 11.8 Å². The van der Waals surface area contributed by atoms with Gasteiger partial charge >= 0.3 is 0 Å². The quantitative estimate of drug-likeness (QED) is 0.778. The van der Waals surface area contributed by atoms with Crippen molar-refractivity contribution in [1.82, 2.24) is 0 Å². The van der Waals surface area contributed by atoms with Crippen molar-refractivity contribution < 1.29 is 9.53 Å². The van der Waals surface area contributed by atoms with Crippen LogP contribution in [0.3, 0.4) is 0 Å². The molecule has 0 fully saturated rings. The van der Waals surface area contributed by atoms with Gasteiger partial charge in [0.05, 0.1) is 6.61 Å². The normalized spacial score (nSPS) is 13.1. The standard InChI is InChI=1S/C18H16O2S/c1-3-20-12(2)13-8-9-16-17(10-13)21-11-14-6-4-5-7-15(14)18(16)19/h4-10H,2-3,11H2,1H3. The first-order chi connectivity index (χ1) is 10.2. The number of carbonyl (C=O) groups excluding carboxylic acids is 1. The minimum Gasteiger partial charge on any atom is -0.494 e. The summed E-state index contributed by atoms with van der Waals surface area (Å²) >= 11 is 1.69. The van der Waals surface area contributed by atoms with Crippen molar-refractivity contribution in [2.75, 3.05) is 6.61 Å². The zero-order valence-corrected chi connectivity index (χ0v) is 12.7. The van der Waals surface area contributed by atoms with Crippen LogP contribution in [-0.2, 0) is 10.5 Å². The predicted octanol–water partition coefficient (Wildman–Crippen LogP) is 4.53. The van der Waals surface area contributed by atoms with Crippen molar-refractivity contribution in [3.05, 3.63) is 71.3 Å². The van der Waals surface area contributed by atoms with Crippen LogP contribution < -0.4 is 0 Å². The Kier molecular flexibility index (Phi) is 3.84. The van der Waals surface area contributed by atoms with Crippen molar-refractivity contribution in [1.29, 1.82) is 0 Å². The predicted molar refractivity (Wildman–Crippen MR) is 86.5 cm³/mol. The Hall–Kier alpha value is -2.00. The number of benzene rings is 2. The van der Waals surface area contributed by atoms with Gasteiger partial charge in [0, 0.05) is 27.3 Å². The largest absolute Gasteiger partial charge is 0.494 e. The average Bonchev–Trinajstić information content (AvgIpc) is 2.65. The first kappa shape index (κ1) is 14.0. The number of carbonyl (C=O) groups is 1. The van der Waals surface area contributed by atoms with Crippen LogP contribution in [0.25, 0.3) is 5.76 Å². The van der Waals surface area contributed by atoms with E-state index in [1.54, 1.807) is 11.8 Å². The number of hydrogen-bond donors (Lipinski definition) is 0. The van der Waals surface area contributed by atoms with Crippen LogP contribution in [-0.4, -0.2) is 12.4 Å². The minimum atomic E-state index is 0.0965. The highest BCUT2D eigenvalue weighted by atomic mass is 32.2. The monoisotopic (exact) mass is 296 g/mol. The molecule has 0 N–H and O–H groups in total. The van der Waals surface area contributed by atoms with Crippen LogP contribution in [0.15, 0.2) is 53.9 Å². The Labute approximate surface area is 128 Å². The van der Waals surface area contributed by atoms with Gasteiger partial charge in [0.15, 0.2) is 5.78 Å². The van der Waals surface area contributed by atoms with Crippen LogP contribution in [0, 0.1) is 0 Å². The third kappa shape index (κ3) is 2.61. The third-order valence-corrected chi connectivity index (χ3v) is 4.62. The molecular weight excluding hydrogens is 280 g/mol. The highest BCUT2D eigenvalue weighted by Gasteiger charge is 2.21. The molecule has 0 saturated carbocycles. The maximum atomic E-state index is 12.7. The number of thioether (sulfide) groups is 1. The molecule has 0 saturated heterocycles. The second kappa shape index (κ2) is 5.78. The molecule has 3 rings (SSSR count). The molecule has 0 aliphatic carbocycles. The first-order valence-electron chi connectivity index (χ1n) is 6.92. The van der Waals surface area contributed by atoms with Crippen molar-refractivity contribution in [2.45, 2.75) is 17.6 Å². The van der Waals surface area contributed by atoms with Crippen molar-refractivity contribution >= 4 is 23.3 Å². The van der Waals surface area contributed by atoms with Crippen LogP contribution in [0.5, 0.6) is 0 Å². The summed E-state index contributed by atoms with van der Waals surface area (Å²) in [6.45, 7) is 6.45. The van der Waals surface area contributed by atoms with Gasteiger partial charge in [-0.1, -0.05) is 36.9 Å². The van der Waals surface area contributed by atoms with Gasteiger partial charge in [0.1, 0.15) is 5.76 Å². The van der Waals surface area contributed by atoms with Gasteiger partial charge in [0.2, 0.25) is 0 Å². The van der Waals surface area contributed by atoms with Crippen LogP contribution >= 0.6 is 11.8 Å². The van der Waals surface area contributed by atoms with E-state index in [1.165, 1.54) is 0 Å². The van der Waals surface area contributed by atoms with Gasteiger partial charge < -0.3 is 4.74 Å². The highest BCUT2D eigenvalue weighted by molar-refractivity contribution is 7.98. The lowest BCUT2D eigenvalue weighted by Gasteiger charge is -2.10. The van der Waals surface area contributed by atoms with Gasteiger partial charge in [-0.2, -0.15) is 0 Å². The molecule has 0 bridgehead atoms. The Bertz CT molecular complexity index is 719. The van der Waals surface area contributed by atoms with E-state index in [4.69, 9.17) is 4.74 Å². The van der Waals surface area contributed by atoms with Crippen molar-refractivity contribution in [3.63, 3.8) is 0 Å². The fourth-order valence-electron chi connectivity index (χ4n) is 2.43. The Morgan fingerprint density at radius 2 is 2.05 bits per heavy atom. The lowest BCUT2D eigenvalue weighted by Crippen LogP contribution is -2.04. The molecule has 0 amide bonds. The maximum Gasteiger partial charge on any atom is 0.194 e. The molecule has 21 heavy (non-hydrogen) atoms. The lowest BCUT2D eigenvalue weighted by molar-refractivity contribution is 0.103. The zero-order valence-electron chi connectivity index (χ0n) is 11.9. The molecule has 0 atom stereocenters. The van der Waals surface area contributed by atoms with Crippen LogP contribution in [0.2, 0.25) is 0 Å². The highest BCUT2D eigenvalue weighted by Crippen LogP contribution is 2.35. The lowest BCUT2D eigenvalue weighted by atomic mass is 9.98. The van der Waals surface area contributed by atoms with E-state index >= 15 is 0 Å². The summed E-state index contributed by atoms with van der Waals surface area (Å²) in [7, 11) is 0. The molecule has 1 heterocycles. The molecule has 2 aromatic carbocycles. The van der Waals surface area contributed by atoms with Gasteiger partial charge in [-0.3, -0.25) is 4.79 Å². The molecule has 106 valence electrons. The molecule has 2 aromatic rings. The molecule has 3 heteroatoms. The number of ketones is 1. The minimum absolute atomic E-state index is 0.0965. The first-order valence-corrected chi connectivity index (χ1v) is 7.90. The number of rotatable bonds is 3. The Morgan fingerprint density at radius 1 is 1.24 bits per heavy atom. The maximum absolute atomic E-state index is 12.7. The van der Waals surface area contributed by atoms with E-state index in [2.05, 4.69) is 6.58 Å². The average molecular weight is 296 g/mol. The van der Waals surface area contributed by atoms with Gasteiger partial charge in [-0.25, -0.2) is 0 Å². The number of fused-ring (bicyclic) bond motifs is 2. The SMILES string of the molecule is C=C(OCC)c1ccc2c(c1)SCc1ccccc1C2=O. The second-order valence-electron chi connectivity index (χ2n) is 4.84. The summed E-state index contributed by atoms with van der Waals surface area (Å²) in [6, 6.07) is 13.6. The number of ether oxygens (including phenoxy) is 1. The van der Waals surface area contributed by atoms with E-state index in [9.17, 15) is 4.79 Å². The van der Waals surface area contributed by atoms with Gasteiger partial charge in [0.25, 0.3) is 0 Å².